The van der Waals surface area contributed by atoms with E-state index in [-0.39, 0.29) is 11.6 Å². The smallest absolute Gasteiger partial charge is 0.322 e. The normalized spacial score (nSPS) is 13.1. The highest BCUT2D eigenvalue weighted by molar-refractivity contribution is 8.47. The summed E-state index contributed by atoms with van der Waals surface area (Å²) in [4.78, 5) is 12.3. The lowest BCUT2D eigenvalue weighted by atomic mass is 10.0. The summed E-state index contributed by atoms with van der Waals surface area (Å²) in [6, 6.07) is 0. The zero-order valence-electron chi connectivity index (χ0n) is 14.4. The second-order valence-corrected chi connectivity index (χ2v) is 10.6. The van der Waals surface area contributed by atoms with Crippen LogP contribution in [0.1, 0.15) is 54.9 Å². The molecule has 124 valence electrons. The first kappa shape index (κ1) is 21.2. The van der Waals surface area contributed by atoms with Gasteiger partial charge in [-0.2, -0.15) is 0 Å². The molecule has 0 aliphatic heterocycles. The van der Waals surface area contributed by atoms with Crippen LogP contribution >= 0.6 is 35.7 Å². The van der Waals surface area contributed by atoms with Crippen molar-refractivity contribution in [1.82, 2.24) is 0 Å². The van der Waals surface area contributed by atoms with Gasteiger partial charge in [-0.05, 0) is 54.7 Å². The van der Waals surface area contributed by atoms with Gasteiger partial charge in [0.1, 0.15) is 13.9 Å². The number of rotatable bonds is 6. The van der Waals surface area contributed by atoms with Crippen LogP contribution in [-0.2, 0) is 14.3 Å². The van der Waals surface area contributed by atoms with Crippen LogP contribution in [0.4, 0.5) is 0 Å². The van der Waals surface area contributed by atoms with Crippen LogP contribution in [0.3, 0.4) is 0 Å². The molecule has 0 rings (SSSR count). The van der Waals surface area contributed by atoms with Crippen LogP contribution in [0, 0.1) is 0 Å². The van der Waals surface area contributed by atoms with E-state index in [9.17, 15) is 4.79 Å². The average molecular weight is 353 g/mol. The summed E-state index contributed by atoms with van der Waals surface area (Å²) < 4.78 is 11.4. The van der Waals surface area contributed by atoms with Crippen molar-refractivity contribution in [3.05, 3.63) is 0 Å². The molecule has 0 bridgehead atoms. The molecule has 6 heteroatoms. The van der Waals surface area contributed by atoms with Crippen LogP contribution in [0.2, 0.25) is 0 Å². The molecular weight excluding hydrogens is 324 g/mol. The van der Waals surface area contributed by atoms with Crippen molar-refractivity contribution in [2.45, 2.75) is 70.8 Å². The number of carbonyl (C=O) groups excluding carboxylic acids is 1. The SMILES string of the molecule is CSC(=S)SC(C)(C)C(=O)OC(C)(C)CCOC(C)(C)C. The fraction of sp³-hybridized carbons (Fsp3) is 0.867. The Bertz CT molecular complexity index is 371. The highest BCUT2D eigenvalue weighted by Crippen LogP contribution is 2.33. The van der Waals surface area contributed by atoms with Gasteiger partial charge < -0.3 is 9.47 Å². The van der Waals surface area contributed by atoms with E-state index in [0.717, 1.165) is 3.53 Å². The summed E-state index contributed by atoms with van der Waals surface area (Å²) in [5.41, 5.74) is -0.735. The minimum Gasteiger partial charge on any atom is -0.459 e. The Labute approximate surface area is 143 Å². The predicted molar refractivity (Wildman–Crippen MR) is 98.3 cm³/mol. The molecule has 0 atom stereocenters. The summed E-state index contributed by atoms with van der Waals surface area (Å²) in [7, 11) is 0. The van der Waals surface area contributed by atoms with Gasteiger partial charge in [0.2, 0.25) is 0 Å². The lowest BCUT2D eigenvalue weighted by molar-refractivity contribution is -0.161. The Morgan fingerprint density at radius 3 is 2.05 bits per heavy atom. The molecular formula is C15H28O3S3. The number of esters is 1. The number of hydrogen-bond acceptors (Lipinski definition) is 6. The van der Waals surface area contributed by atoms with E-state index in [1.165, 1.54) is 23.5 Å². The Morgan fingerprint density at radius 1 is 1.10 bits per heavy atom. The molecule has 0 aliphatic carbocycles. The highest BCUT2D eigenvalue weighted by Gasteiger charge is 2.35. The maximum atomic E-state index is 12.3. The van der Waals surface area contributed by atoms with Gasteiger partial charge in [0.05, 0.1) is 12.2 Å². The maximum Gasteiger partial charge on any atom is 0.322 e. The molecule has 0 saturated heterocycles. The third kappa shape index (κ3) is 9.76. The zero-order valence-corrected chi connectivity index (χ0v) is 16.8. The molecule has 3 nitrogen and oxygen atoms in total. The van der Waals surface area contributed by atoms with Crippen LogP contribution in [0.25, 0.3) is 0 Å². The number of thioether (sulfide) groups is 2. The van der Waals surface area contributed by atoms with E-state index in [2.05, 4.69) is 0 Å². The van der Waals surface area contributed by atoms with Crippen molar-refractivity contribution < 1.29 is 14.3 Å². The van der Waals surface area contributed by atoms with Crippen LogP contribution < -0.4 is 0 Å². The maximum absolute atomic E-state index is 12.3. The summed E-state index contributed by atoms with van der Waals surface area (Å²) in [5, 5.41) is 0. The number of carbonyl (C=O) groups is 1. The lowest BCUT2D eigenvalue weighted by Crippen LogP contribution is -2.39. The minimum atomic E-state index is -0.678. The second-order valence-electron chi connectivity index (χ2n) is 6.93. The molecule has 0 aromatic carbocycles. The zero-order chi connectivity index (χ0) is 16.9. The first-order valence-electron chi connectivity index (χ1n) is 6.93. The standard InChI is InChI=1S/C15H28O3S3/c1-13(2,3)17-10-9-14(4,5)18-11(16)15(6,7)21-12(19)20-8/h9-10H2,1-8H3. The van der Waals surface area contributed by atoms with E-state index < -0.39 is 10.3 Å². The van der Waals surface area contributed by atoms with Crippen molar-refractivity contribution in [3.8, 4) is 0 Å². The summed E-state index contributed by atoms with van der Waals surface area (Å²) in [6.07, 6.45) is 2.56. The molecule has 0 radical (unpaired) electrons. The monoisotopic (exact) mass is 352 g/mol. The predicted octanol–water partition coefficient (Wildman–Crippen LogP) is 4.67. The first-order valence-corrected chi connectivity index (χ1v) is 9.38. The van der Waals surface area contributed by atoms with Crippen LogP contribution in [-0.4, -0.2) is 38.3 Å². The van der Waals surface area contributed by atoms with Crippen molar-refractivity contribution in [1.29, 1.82) is 0 Å². The van der Waals surface area contributed by atoms with Crippen molar-refractivity contribution >= 4 is 45.2 Å². The van der Waals surface area contributed by atoms with Gasteiger partial charge in [-0.1, -0.05) is 24.0 Å². The third-order valence-corrected chi connectivity index (χ3v) is 5.28. The number of ether oxygens (including phenoxy) is 2. The Kier molecular flexibility index (Phi) is 8.26. The van der Waals surface area contributed by atoms with E-state index in [1.54, 1.807) is 0 Å². The second kappa shape index (κ2) is 8.18. The fourth-order valence-electron chi connectivity index (χ4n) is 1.32. The van der Waals surface area contributed by atoms with Crippen LogP contribution in [0.15, 0.2) is 0 Å². The number of hydrogen-bond donors (Lipinski definition) is 0. The molecule has 0 unspecified atom stereocenters. The van der Waals surface area contributed by atoms with E-state index in [4.69, 9.17) is 21.7 Å². The molecule has 0 aromatic rings. The first-order chi connectivity index (χ1) is 9.29. The van der Waals surface area contributed by atoms with Crippen LogP contribution in [0.5, 0.6) is 0 Å². The molecule has 0 saturated carbocycles. The van der Waals surface area contributed by atoms with Crippen molar-refractivity contribution in [2.24, 2.45) is 0 Å². The van der Waals surface area contributed by atoms with Gasteiger partial charge in [-0.3, -0.25) is 4.79 Å². The quantitative estimate of drug-likeness (QED) is 0.510. The van der Waals surface area contributed by atoms with Gasteiger partial charge in [0.25, 0.3) is 0 Å². The summed E-state index contributed by atoms with van der Waals surface area (Å²) in [5.74, 6) is -0.246. The van der Waals surface area contributed by atoms with Gasteiger partial charge in [0.15, 0.2) is 0 Å². The van der Waals surface area contributed by atoms with Crippen molar-refractivity contribution in [3.63, 3.8) is 0 Å². The minimum absolute atomic E-state index is 0.181. The van der Waals surface area contributed by atoms with Gasteiger partial charge in [0, 0.05) is 6.42 Å². The fourth-order valence-corrected chi connectivity index (χ4v) is 3.44. The number of thiocarbonyl (C=S) groups is 1. The molecule has 0 fully saturated rings. The largest absolute Gasteiger partial charge is 0.459 e. The van der Waals surface area contributed by atoms with E-state index in [0.29, 0.717) is 13.0 Å². The molecule has 0 heterocycles. The topological polar surface area (TPSA) is 35.5 Å². The molecule has 0 aliphatic rings. The molecule has 0 N–H and O–H groups in total. The lowest BCUT2D eigenvalue weighted by Gasteiger charge is -2.31. The Hall–Kier alpha value is 0.220. The van der Waals surface area contributed by atoms with E-state index in [1.807, 2.05) is 54.7 Å². The average Bonchev–Trinajstić information content (AvgIpc) is 2.25. The van der Waals surface area contributed by atoms with E-state index >= 15 is 0 Å². The third-order valence-electron chi connectivity index (χ3n) is 2.60. The van der Waals surface area contributed by atoms with Crippen molar-refractivity contribution in [2.75, 3.05) is 12.9 Å². The molecule has 0 spiro atoms. The van der Waals surface area contributed by atoms with Gasteiger partial charge in [-0.15, -0.1) is 11.8 Å². The highest BCUT2D eigenvalue weighted by atomic mass is 32.2. The molecule has 21 heavy (non-hydrogen) atoms. The summed E-state index contributed by atoms with van der Waals surface area (Å²) >= 11 is 8.01. The Balaban J connectivity index is 4.49. The Morgan fingerprint density at radius 2 is 1.62 bits per heavy atom. The summed E-state index contributed by atoms with van der Waals surface area (Å²) in [6.45, 7) is 14.1. The van der Waals surface area contributed by atoms with Gasteiger partial charge >= 0.3 is 5.97 Å². The molecule has 0 aromatic heterocycles. The van der Waals surface area contributed by atoms with Gasteiger partial charge in [-0.25, -0.2) is 0 Å². The molecule has 0 amide bonds.